The standard InChI is InChI=1S/C10H11Br2NO/c11-9-2-1-7(3-10(9)12)4-13-8-5-14-6-8/h1-3,8,13H,4-6H2. The first-order valence-corrected chi connectivity index (χ1v) is 6.09. The minimum Gasteiger partial charge on any atom is -0.378 e. The topological polar surface area (TPSA) is 21.3 Å². The fourth-order valence-corrected chi connectivity index (χ4v) is 1.94. The number of rotatable bonds is 3. The summed E-state index contributed by atoms with van der Waals surface area (Å²) < 4.78 is 7.28. The molecule has 4 heteroatoms. The molecule has 1 N–H and O–H groups in total. The Bertz CT molecular complexity index is 326. The lowest BCUT2D eigenvalue weighted by Gasteiger charge is -2.27. The van der Waals surface area contributed by atoms with Crippen LogP contribution in [0.3, 0.4) is 0 Å². The van der Waals surface area contributed by atoms with E-state index in [-0.39, 0.29) is 0 Å². The van der Waals surface area contributed by atoms with Crippen molar-refractivity contribution in [2.75, 3.05) is 13.2 Å². The van der Waals surface area contributed by atoms with Gasteiger partial charge in [0.2, 0.25) is 0 Å². The highest BCUT2D eigenvalue weighted by Crippen LogP contribution is 2.23. The van der Waals surface area contributed by atoms with Gasteiger partial charge in [0.15, 0.2) is 0 Å². The Labute approximate surface area is 100 Å². The Morgan fingerprint density at radius 1 is 1.29 bits per heavy atom. The van der Waals surface area contributed by atoms with E-state index in [0.29, 0.717) is 6.04 Å². The normalized spacial score (nSPS) is 16.7. The van der Waals surface area contributed by atoms with Crippen LogP contribution in [0.5, 0.6) is 0 Å². The second kappa shape index (κ2) is 4.75. The van der Waals surface area contributed by atoms with Crippen LogP contribution in [-0.2, 0) is 11.3 Å². The van der Waals surface area contributed by atoms with Crippen LogP contribution >= 0.6 is 31.9 Å². The van der Waals surface area contributed by atoms with Gasteiger partial charge >= 0.3 is 0 Å². The Morgan fingerprint density at radius 2 is 2.07 bits per heavy atom. The average Bonchev–Trinajstić information content (AvgIpc) is 2.08. The Kier molecular flexibility index (Phi) is 3.60. The minimum absolute atomic E-state index is 0.539. The van der Waals surface area contributed by atoms with Gasteiger partial charge in [0.25, 0.3) is 0 Å². The van der Waals surface area contributed by atoms with Crippen LogP contribution in [0.4, 0.5) is 0 Å². The molecule has 1 fully saturated rings. The lowest BCUT2D eigenvalue weighted by atomic mass is 10.2. The highest BCUT2D eigenvalue weighted by Gasteiger charge is 2.16. The van der Waals surface area contributed by atoms with Crippen molar-refractivity contribution in [1.82, 2.24) is 5.32 Å². The average molecular weight is 321 g/mol. The van der Waals surface area contributed by atoms with Gasteiger partial charge in [-0.3, -0.25) is 0 Å². The molecular formula is C10H11Br2NO. The fraction of sp³-hybridized carbons (Fsp3) is 0.400. The molecule has 0 saturated carbocycles. The summed E-state index contributed by atoms with van der Waals surface area (Å²) in [6.07, 6.45) is 0. The molecule has 76 valence electrons. The van der Waals surface area contributed by atoms with Crippen LogP contribution < -0.4 is 5.32 Å². The van der Waals surface area contributed by atoms with Crippen molar-refractivity contribution in [2.45, 2.75) is 12.6 Å². The lowest BCUT2D eigenvalue weighted by molar-refractivity contribution is -0.00578. The largest absolute Gasteiger partial charge is 0.378 e. The molecule has 2 nitrogen and oxygen atoms in total. The summed E-state index contributed by atoms with van der Waals surface area (Å²) in [6, 6.07) is 6.83. The van der Waals surface area contributed by atoms with Gasteiger partial charge in [0.1, 0.15) is 0 Å². The summed E-state index contributed by atoms with van der Waals surface area (Å²) in [5.41, 5.74) is 1.28. The lowest BCUT2D eigenvalue weighted by Crippen LogP contribution is -2.45. The third-order valence-corrected chi connectivity index (χ3v) is 4.10. The van der Waals surface area contributed by atoms with Crippen molar-refractivity contribution in [3.63, 3.8) is 0 Å². The van der Waals surface area contributed by atoms with Crippen LogP contribution in [0, 0.1) is 0 Å². The Morgan fingerprint density at radius 3 is 2.64 bits per heavy atom. The third kappa shape index (κ3) is 2.57. The molecule has 0 aliphatic carbocycles. The molecule has 2 rings (SSSR count). The van der Waals surface area contributed by atoms with Gasteiger partial charge in [-0.1, -0.05) is 6.07 Å². The molecule has 1 saturated heterocycles. The second-order valence-corrected chi connectivity index (χ2v) is 5.07. The summed E-state index contributed by atoms with van der Waals surface area (Å²) in [4.78, 5) is 0. The van der Waals surface area contributed by atoms with E-state index in [9.17, 15) is 0 Å². The summed E-state index contributed by atoms with van der Waals surface area (Å²) >= 11 is 6.93. The van der Waals surface area contributed by atoms with E-state index in [4.69, 9.17) is 4.74 Å². The molecule has 1 aliphatic heterocycles. The zero-order valence-corrected chi connectivity index (χ0v) is 10.8. The molecule has 0 radical (unpaired) electrons. The van der Waals surface area contributed by atoms with E-state index in [1.165, 1.54) is 5.56 Å². The zero-order valence-electron chi connectivity index (χ0n) is 7.59. The number of hydrogen-bond acceptors (Lipinski definition) is 2. The van der Waals surface area contributed by atoms with Crippen molar-refractivity contribution < 1.29 is 4.74 Å². The highest BCUT2D eigenvalue weighted by atomic mass is 79.9. The first kappa shape index (κ1) is 10.6. The van der Waals surface area contributed by atoms with Gasteiger partial charge < -0.3 is 10.1 Å². The van der Waals surface area contributed by atoms with Gasteiger partial charge in [0, 0.05) is 15.5 Å². The fourth-order valence-electron chi connectivity index (χ4n) is 1.27. The molecule has 14 heavy (non-hydrogen) atoms. The minimum atomic E-state index is 0.539. The number of halogens is 2. The predicted octanol–water partition coefficient (Wildman–Crippen LogP) is 2.70. The first-order valence-electron chi connectivity index (χ1n) is 4.51. The van der Waals surface area contributed by atoms with Gasteiger partial charge in [-0.05, 0) is 49.6 Å². The number of hydrogen-bond donors (Lipinski definition) is 1. The summed E-state index contributed by atoms with van der Waals surface area (Å²) in [5, 5.41) is 3.42. The van der Waals surface area contributed by atoms with Crippen LogP contribution in [0.2, 0.25) is 0 Å². The van der Waals surface area contributed by atoms with E-state index in [2.05, 4.69) is 55.4 Å². The molecule has 1 aromatic rings. The summed E-state index contributed by atoms with van der Waals surface area (Å²) in [5.74, 6) is 0. The summed E-state index contributed by atoms with van der Waals surface area (Å²) in [6.45, 7) is 2.59. The Balaban J connectivity index is 1.91. The zero-order chi connectivity index (χ0) is 9.97. The SMILES string of the molecule is Brc1ccc(CNC2COC2)cc1Br. The molecule has 0 spiro atoms. The van der Waals surface area contributed by atoms with Crippen LogP contribution in [0.25, 0.3) is 0 Å². The van der Waals surface area contributed by atoms with E-state index >= 15 is 0 Å². The number of nitrogens with one attached hydrogen (secondary N) is 1. The maximum absolute atomic E-state index is 5.09. The van der Waals surface area contributed by atoms with E-state index in [0.717, 1.165) is 28.7 Å². The Hall–Kier alpha value is 0.1000. The quantitative estimate of drug-likeness (QED) is 0.924. The van der Waals surface area contributed by atoms with Crippen molar-refractivity contribution in [2.24, 2.45) is 0 Å². The maximum Gasteiger partial charge on any atom is 0.0643 e. The van der Waals surface area contributed by atoms with E-state index in [1.54, 1.807) is 0 Å². The molecule has 0 bridgehead atoms. The van der Waals surface area contributed by atoms with Gasteiger partial charge in [-0.2, -0.15) is 0 Å². The molecular weight excluding hydrogens is 310 g/mol. The number of benzene rings is 1. The van der Waals surface area contributed by atoms with Crippen molar-refractivity contribution in [3.05, 3.63) is 32.7 Å². The van der Waals surface area contributed by atoms with Gasteiger partial charge in [-0.15, -0.1) is 0 Å². The van der Waals surface area contributed by atoms with E-state index in [1.807, 2.05) is 0 Å². The molecule has 0 unspecified atom stereocenters. The van der Waals surface area contributed by atoms with Gasteiger partial charge in [0.05, 0.1) is 19.3 Å². The summed E-state index contributed by atoms with van der Waals surface area (Å²) in [7, 11) is 0. The van der Waals surface area contributed by atoms with Crippen molar-refractivity contribution in [1.29, 1.82) is 0 Å². The monoisotopic (exact) mass is 319 g/mol. The number of ether oxygens (including phenoxy) is 1. The highest BCUT2D eigenvalue weighted by molar-refractivity contribution is 9.13. The smallest absolute Gasteiger partial charge is 0.0643 e. The maximum atomic E-state index is 5.09. The predicted molar refractivity (Wildman–Crippen MR) is 63.3 cm³/mol. The third-order valence-electron chi connectivity index (χ3n) is 2.22. The van der Waals surface area contributed by atoms with Crippen molar-refractivity contribution in [3.8, 4) is 0 Å². The van der Waals surface area contributed by atoms with Gasteiger partial charge in [-0.25, -0.2) is 0 Å². The molecule has 0 aromatic heterocycles. The first-order chi connectivity index (χ1) is 6.75. The van der Waals surface area contributed by atoms with Crippen LogP contribution in [0.15, 0.2) is 27.1 Å². The molecule has 1 heterocycles. The van der Waals surface area contributed by atoms with E-state index < -0.39 is 0 Å². The molecule has 0 atom stereocenters. The molecule has 0 amide bonds. The second-order valence-electron chi connectivity index (χ2n) is 3.36. The van der Waals surface area contributed by atoms with Crippen LogP contribution in [0.1, 0.15) is 5.56 Å². The molecule has 1 aromatic carbocycles. The molecule has 1 aliphatic rings. The van der Waals surface area contributed by atoms with Crippen LogP contribution in [-0.4, -0.2) is 19.3 Å². The van der Waals surface area contributed by atoms with Crippen molar-refractivity contribution >= 4 is 31.9 Å².